The van der Waals surface area contributed by atoms with Crippen LogP contribution in [0.1, 0.15) is 80.7 Å². The van der Waals surface area contributed by atoms with Gasteiger partial charge in [-0.2, -0.15) is 0 Å². The first-order valence-electron chi connectivity index (χ1n) is 14.7. The van der Waals surface area contributed by atoms with Crippen molar-refractivity contribution >= 4 is 6.08 Å². The molecule has 0 aliphatic heterocycles. The molecule has 4 atom stereocenters. The van der Waals surface area contributed by atoms with E-state index in [9.17, 15) is 0 Å². The number of fused-ring (bicyclic) bond motifs is 1. The monoisotopic (exact) mass is 490 g/mol. The topological polar surface area (TPSA) is 0 Å². The average Bonchev–Trinajstić information content (AvgIpc) is 3.27. The van der Waals surface area contributed by atoms with Gasteiger partial charge in [0.25, 0.3) is 0 Å². The quantitative estimate of drug-likeness (QED) is 0.353. The van der Waals surface area contributed by atoms with E-state index in [4.69, 9.17) is 0 Å². The number of aryl methyl sites for hydroxylation is 2. The van der Waals surface area contributed by atoms with E-state index in [1.54, 1.807) is 5.56 Å². The Morgan fingerprint density at radius 3 is 2.51 bits per heavy atom. The lowest BCUT2D eigenvalue weighted by molar-refractivity contribution is 0.254. The fourth-order valence-corrected chi connectivity index (χ4v) is 7.40. The van der Waals surface area contributed by atoms with Crippen molar-refractivity contribution in [2.45, 2.75) is 79.6 Å². The highest BCUT2D eigenvalue weighted by Crippen LogP contribution is 2.44. The normalized spacial score (nSPS) is 25.5. The highest BCUT2D eigenvalue weighted by atomic mass is 14.3. The zero-order valence-electron chi connectivity index (χ0n) is 23.9. The van der Waals surface area contributed by atoms with E-state index in [0.29, 0.717) is 17.8 Å². The molecule has 0 aromatic heterocycles. The van der Waals surface area contributed by atoms with Gasteiger partial charge in [0.15, 0.2) is 0 Å². The second-order valence-electron chi connectivity index (χ2n) is 12.7. The van der Waals surface area contributed by atoms with E-state index in [-0.39, 0.29) is 0 Å². The first-order chi connectivity index (χ1) is 17.7. The van der Waals surface area contributed by atoms with Crippen molar-refractivity contribution in [3.05, 3.63) is 100 Å². The van der Waals surface area contributed by atoms with Crippen LogP contribution in [0.4, 0.5) is 0 Å². The molecule has 2 aromatic rings. The molecule has 194 valence electrons. The molecule has 5 rings (SSSR count). The third kappa shape index (κ3) is 5.22. The van der Waals surface area contributed by atoms with E-state index in [1.165, 1.54) is 82.2 Å². The molecule has 0 spiro atoms. The molecule has 0 N–H and O–H groups in total. The summed E-state index contributed by atoms with van der Waals surface area (Å²) in [7, 11) is 0. The molecule has 2 unspecified atom stereocenters. The largest absolute Gasteiger partial charge is 0.0986 e. The van der Waals surface area contributed by atoms with Gasteiger partial charge in [-0.1, -0.05) is 118 Å². The summed E-state index contributed by atoms with van der Waals surface area (Å²) in [6.45, 7) is 20.7. The van der Waals surface area contributed by atoms with E-state index in [2.05, 4.69) is 96.3 Å². The van der Waals surface area contributed by atoms with Crippen molar-refractivity contribution in [1.29, 1.82) is 0 Å². The summed E-state index contributed by atoms with van der Waals surface area (Å²) in [6.07, 6.45) is 15.9. The predicted molar refractivity (Wildman–Crippen MR) is 162 cm³/mol. The highest BCUT2D eigenvalue weighted by Gasteiger charge is 2.30. The molecule has 0 radical (unpaired) electrons. The maximum atomic E-state index is 4.56. The molecular formula is C37H46. The Bertz CT molecular complexity index is 1260. The molecule has 0 heteroatoms. The molecule has 1 saturated carbocycles. The van der Waals surface area contributed by atoms with Crippen LogP contribution in [-0.4, -0.2) is 0 Å². The summed E-state index contributed by atoms with van der Waals surface area (Å²) in [6, 6.07) is 11.8. The predicted octanol–water partition coefficient (Wildman–Crippen LogP) is 10.2. The lowest BCUT2D eigenvalue weighted by Gasteiger charge is -2.32. The molecule has 0 nitrogen and oxygen atoms in total. The minimum absolute atomic E-state index is 0.353. The van der Waals surface area contributed by atoms with Gasteiger partial charge in [-0.25, -0.2) is 0 Å². The maximum absolute atomic E-state index is 4.56. The number of hydrogen-bond donors (Lipinski definition) is 0. The second-order valence-corrected chi connectivity index (χ2v) is 12.7. The molecule has 1 fully saturated rings. The van der Waals surface area contributed by atoms with Gasteiger partial charge < -0.3 is 0 Å². The number of hydrogen-bond acceptors (Lipinski definition) is 0. The summed E-state index contributed by atoms with van der Waals surface area (Å²) in [5.41, 5.74) is 14.4. The number of allylic oxidation sites excluding steroid dienone is 5. The number of rotatable bonds is 6. The Morgan fingerprint density at radius 1 is 0.973 bits per heavy atom. The van der Waals surface area contributed by atoms with Crippen molar-refractivity contribution in [3.63, 3.8) is 0 Å². The molecule has 0 bridgehead atoms. The van der Waals surface area contributed by atoms with E-state index in [1.807, 2.05) is 0 Å². The van der Waals surface area contributed by atoms with Gasteiger partial charge in [-0.05, 0) is 96.2 Å². The summed E-state index contributed by atoms with van der Waals surface area (Å²) < 4.78 is 0. The summed E-state index contributed by atoms with van der Waals surface area (Å²) >= 11 is 0. The Hall–Kier alpha value is -2.60. The van der Waals surface area contributed by atoms with Crippen molar-refractivity contribution in [3.8, 4) is 11.1 Å². The Kier molecular flexibility index (Phi) is 7.49. The molecule has 0 heterocycles. The van der Waals surface area contributed by atoms with E-state index in [0.717, 1.165) is 24.7 Å². The van der Waals surface area contributed by atoms with Crippen LogP contribution in [0.3, 0.4) is 0 Å². The van der Waals surface area contributed by atoms with Gasteiger partial charge in [0.1, 0.15) is 0 Å². The first kappa shape index (κ1) is 26.0. The van der Waals surface area contributed by atoms with Crippen molar-refractivity contribution in [1.82, 2.24) is 0 Å². The molecule has 0 amide bonds. The third-order valence-corrected chi connectivity index (χ3v) is 9.66. The Labute approximate surface area is 226 Å². The first-order valence-corrected chi connectivity index (χ1v) is 14.7. The summed E-state index contributed by atoms with van der Waals surface area (Å²) in [4.78, 5) is 0. The molecule has 2 aromatic carbocycles. The SMILES string of the molecule is C=C1C=CC(C(C)C)C(=C)C1CC1=Cc2cccc(-c3cc(C)cc(C)c3C[C@@H]3CCCC[C@@H]3C)c2C1. The van der Waals surface area contributed by atoms with Crippen molar-refractivity contribution in [2.24, 2.45) is 29.6 Å². The standard InChI is InChI=1S/C37H46/c1-23(2)32-16-15-26(5)34(28(32)7)20-29-19-31-13-10-14-33(36(31)21-29)37-18-24(3)17-27(6)35(37)22-30-12-9-8-11-25(30)4/h10,13-19,23,25,30,32,34H,5,7-9,11-12,20-22H2,1-4,6H3/t25-,30-,32?,34?/m0/s1. The van der Waals surface area contributed by atoms with Gasteiger partial charge in [0, 0.05) is 11.8 Å². The van der Waals surface area contributed by atoms with Crippen LogP contribution in [-0.2, 0) is 12.8 Å². The smallest absolute Gasteiger partial charge is 0.00828 e. The van der Waals surface area contributed by atoms with Gasteiger partial charge in [-0.15, -0.1) is 0 Å². The molecular weight excluding hydrogens is 444 g/mol. The van der Waals surface area contributed by atoms with Crippen LogP contribution in [0, 0.1) is 43.4 Å². The second kappa shape index (κ2) is 10.6. The van der Waals surface area contributed by atoms with Crippen LogP contribution in [0.2, 0.25) is 0 Å². The van der Waals surface area contributed by atoms with Crippen molar-refractivity contribution in [2.75, 3.05) is 0 Å². The van der Waals surface area contributed by atoms with Crippen LogP contribution < -0.4 is 0 Å². The van der Waals surface area contributed by atoms with Crippen LogP contribution >= 0.6 is 0 Å². The minimum atomic E-state index is 0.353. The van der Waals surface area contributed by atoms with Gasteiger partial charge in [0.05, 0.1) is 0 Å². The fraction of sp³-hybridized carbons (Fsp3) is 0.459. The maximum Gasteiger partial charge on any atom is 0.00828 e. The highest BCUT2D eigenvalue weighted by molar-refractivity contribution is 5.80. The third-order valence-electron chi connectivity index (χ3n) is 9.66. The zero-order valence-corrected chi connectivity index (χ0v) is 23.9. The average molecular weight is 491 g/mol. The molecule has 37 heavy (non-hydrogen) atoms. The Morgan fingerprint density at radius 2 is 1.76 bits per heavy atom. The van der Waals surface area contributed by atoms with Crippen LogP contribution in [0.25, 0.3) is 17.2 Å². The number of benzene rings is 2. The van der Waals surface area contributed by atoms with Gasteiger partial charge >= 0.3 is 0 Å². The molecule has 3 aliphatic carbocycles. The summed E-state index contributed by atoms with van der Waals surface area (Å²) in [5, 5.41) is 0. The summed E-state index contributed by atoms with van der Waals surface area (Å²) in [5.74, 6) is 3.03. The van der Waals surface area contributed by atoms with Crippen LogP contribution in [0.15, 0.2) is 72.4 Å². The van der Waals surface area contributed by atoms with Gasteiger partial charge in [-0.3, -0.25) is 0 Å². The van der Waals surface area contributed by atoms with E-state index >= 15 is 0 Å². The lowest BCUT2D eigenvalue weighted by Crippen LogP contribution is -2.21. The molecule has 0 saturated heterocycles. The van der Waals surface area contributed by atoms with Crippen molar-refractivity contribution < 1.29 is 0 Å². The van der Waals surface area contributed by atoms with Crippen LogP contribution in [0.5, 0.6) is 0 Å². The molecule has 3 aliphatic rings. The van der Waals surface area contributed by atoms with E-state index < -0.39 is 0 Å². The zero-order chi connectivity index (χ0) is 26.3. The Balaban J connectivity index is 1.44. The van der Waals surface area contributed by atoms with Gasteiger partial charge in [0.2, 0.25) is 0 Å². The minimum Gasteiger partial charge on any atom is -0.0986 e. The fourth-order valence-electron chi connectivity index (χ4n) is 7.40. The lowest BCUT2D eigenvalue weighted by atomic mass is 9.72.